The molecule has 0 atom stereocenters. The molecule has 0 amide bonds. The minimum atomic E-state index is -0.0894. The van der Waals surface area contributed by atoms with Gasteiger partial charge in [-0.15, -0.1) is 22.7 Å². The largest absolute Gasteiger partial charge is 0.494 e. The molecule has 1 saturated heterocycles. The van der Waals surface area contributed by atoms with E-state index in [9.17, 15) is 4.79 Å². The number of aromatic amines is 1. The van der Waals surface area contributed by atoms with Crippen molar-refractivity contribution in [2.45, 2.75) is 12.8 Å². The molecule has 7 rings (SSSR count). The summed E-state index contributed by atoms with van der Waals surface area (Å²) in [5.74, 6) is 0.806. The van der Waals surface area contributed by atoms with E-state index < -0.39 is 0 Å². The van der Waals surface area contributed by atoms with Crippen LogP contribution in [0.15, 0.2) is 89.0 Å². The highest BCUT2D eigenvalue weighted by Gasteiger charge is 2.20. The van der Waals surface area contributed by atoms with Gasteiger partial charge in [-0.05, 0) is 78.7 Å². The van der Waals surface area contributed by atoms with Gasteiger partial charge in [0.05, 0.1) is 12.1 Å². The van der Waals surface area contributed by atoms with Gasteiger partial charge in [0, 0.05) is 74.6 Å². The summed E-state index contributed by atoms with van der Waals surface area (Å²) in [6.07, 6.45) is 2.12. The molecular formula is C33H31N3O2S2. The highest BCUT2D eigenvalue weighted by atomic mass is 32.1. The van der Waals surface area contributed by atoms with E-state index >= 15 is 0 Å². The quantitative estimate of drug-likeness (QED) is 0.193. The number of thiophene rings is 2. The van der Waals surface area contributed by atoms with Gasteiger partial charge >= 0.3 is 0 Å². The lowest BCUT2D eigenvalue weighted by Gasteiger charge is -2.36. The summed E-state index contributed by atoms with van der Waals surface area (Å²) in [6.45, 7) is 6.05. The summed E-state index contributed by atoms with van der Waals surface area (Å²) in [7, 11) is 0. The molecule has 7 heteroatoms. The van der Waals surface area contributed by atoms with Crippen LogP contribution in [0.25, 0.3) is 41.5 Å². The standard InChI is InChI=1S/C33H31N3O2S2/c37-33-12-10-23-9-11-24(21-28(23)34-33)38-19-2-1-14-35-15-17-36(18-16-35)29-6-4-8-31-27(29)22-32(40-31)25-5-3-7-30-26(25)13-20-39-30/h3-13,20-22H,1-2,14-19H2,(H,34,37). The smallest absolute Gasteiger partial charge is 0.248 e. The molecule has 5 nitrogen and oxygen atoms in total. The monoisotopic (exact) mass is 565 g/mol. The second kappa shape index (κ2) is 11.1. The van der Waals surface area contributed by atoms with Crippen LogP contribution in [0, 0.1) is 0 Å². The number of anilines is 1. The Morgan fingerprint density at radius 2 is 1.68 bits per heavy atom. The number of nitrogens with zero attached hydrogens (tertiary/aromatic N) is 2. The number of H-pyrrole nitrogens is 1. The average Bonchev–Trinajstić information content (AvgIpc) is 3.64. The fourth-order valence-electron chi connectivity index (χ4n) is 5.72. The first-order valence-corrected chi connectivity index (χ1v) is 15.6. The summed E-state index contributed by atoms with van der Waals surface area (Å²) < 4.78 is 8.68. The van der Waals surface area contributed by atoms with Gasteiger partial charge in [0.2, 0.25) is 5.56 Å². The Kier molecular flexibility index (Phi) is 7.02. The molecule has 1 aliphatic heterocycles. The predicted octanol–water partition coefficient (Wildman–Crippen LogP) is 7.61. The van der Waals surface area contributed by atoms with E-state index in [-0.39, 0.29) is 5.56 Å². The van der Waals surface area contributed by atoms with Crippen molar-refractivity contribution in [3.8, 4) is 16.2 Å². The van der Waals surface area contributed by atoms with Gasteiger partial charge in [-0.1, -0.05) is 18.2 Å². The van der Waals surface area contributed by atoms with Gasteiger partial charge in [-0.25, -0.2) is 0 Å². The third-order valence-electron chi connectivity index (χ3n) is 7.85. The van der Waals surface area contributed by atoms with Gasteiger partial charge in [0.25, 0.3) is 0 Å². The second-order valence-electron chi connectivity index (χ2n) is 10.4. The number of nitrogens with one attached hydrogen (secondary N) is 1. The summed E-state index contributed by atoms with van der Waals surface area (Å²) in [5.41, 5.74) is 3.43. The molecule has 0 bridgehead atoms. The number of benzene rings is 3. The summed E-state index contributed by atoms with van der Waals surface area (Å²) in [5, 5.41) is 5.93. The van der Waals surface area contributed by atoms with Crippen molar-refractivity contribution in [3.63, 3.8) is 0 Å². The van der Waals surface area contributed by atoms with Crippen LogP contribution in [0.4, 0.5) is 5.69 Å². The molecule has 0 spiro atoms. The van der Waals surface area contributed by atoms with E-state index in [4.69, 9.17) is 4.74 Å². The summed E-state index contributed by atoms with van der Waals surface area (Å²) in [6, 6.07) is 27.3. The third-order valence-corrected chi connectivity index (χ3v) is 9.86. The van der Waals surface area contributed by atoms with E-state index in [1.54, 1.807) is 6.07 Å². The number of aromatic nitrogens is 1. The maximum atomic E-state index is 11.6. The summed E-state index contributed by atoms with van der Waals surface area (Å²) >= 11 is 3.71. The maximum Gasteiger partial charge on any atom is 0.248 e. The molecule has 40 heavy (non-hydrogen) atoms. The van der Waals surface area contributed by atoms with Crippen LogP contribution in [0.3, 0.4) is 0 Å². The zero-order valence-electron chi connectivity index (χ0n) is 22.3. The van der Waals surface area contributed by atoms with Crippen molar-refractivity contribution < 1.29 is 4.74 Å². The molecule has 202 valence electrons. The topological polar surface area (TPSA) is 48.6 Å². The van der Waals surface area contributed by atoms with E-state index in [1.165, 1.54) is 36.3 Å². The van der Waals surface area contributed by atoms with Crippen LogP contribution in [0.5, 0.6) is 5.75 Å². The lowest BCUT2D eigenvalue weighted by Crippen LogP contribution is -2.46. The second-order valence-corrected chi connectivity index (χ2v) is 12.4. The number of piperazine rings is 1. The van der Waals surface area contributed by atoms with E-state index in [2.05, 4.69) is 68.7 Å². The predicted molar refractivity (Wildman–Crippen MR) is 171 cm³/mol. The first-order valence-electron chi connectivity index (χ1n) is 13.9. The Bertz CT molecular complexity index is 1850. The molecule has 0 aliphatic carbocycles. The zero-order chi connectivity index (χ0) is 26.9. The number of unbranched alkanes of at least 4 members (excludes halogenated alkanes) is 1. The lowest BCUT2D eigenvalue weighted by molar-refractivity contribution is 0.239. The lowest BCUT2D eigenvalue weighted by atomic mass is 10.1. The van der Waals surface area contributed by atoms with Crippen LogP contribution in [-0.4, -0.2) is 49.2 Å². The SMILES string of the molecule is O=c1ccc2ccc(OCCCCN3CCN(c4cccc5sc(-c6cccc7sccc67)cc45)CC3)cc2[nH]1. The third kappa shape index (κ3) is 5.12. The molecule has 1 aliphatic rings. The molecule has 3 aromatic heterocycles. The Hall–Kier alpha value is -3.65. The molecule has 3 aromatic carbocycles. The average molecular weight is 566 g/mol. The molecule has 1 fully saturated rings. The zero-order valence-corrected chi connectivity index (χ0v) is 23.9. The maximum absolute atomic E-state index is 11.6. The number of pyridine rings is 1. The van der Waals surface area contributed by atoms with Crippen molar-refractivity contribution >= 4 is 59.4 Å². The Balaban J connectivity index is 0.933. The van der Waals surface area contributed by atoms with Gasteiger partial charge in [0.1, 0.15) is 5.75 Å². The van der Waals surface area contributed by atoms with E-state index in [0.717, 1.165) is 62.2 Å². The van der Waals surface area contributed by atoms with Crippen LogP contribution in [0.1, 0.15) is 12.8 Å². The van der Waals surface area contributed by atoms with Crippen LogP contribution in [0.2, 0.25) is 0 Å². The minimum absolute atomic E-state index is 0.0894. The number of fused-ring (bicyclic) bond motifs is 3. The Labute approximate surface area is 241 Å². The van der Waals surface area contributed by atoms with Crippen molar-refractivity contribution in [2.24, 2.45) is 0 Å². The number of ether oxygens (including phenoxy) is 1. The fraction of sp³-hybridized carbons (Fsp3) is 0.242. The van der Waals surface area contributed by atoms with Crippen molar-refractivity contribution in [1.29, 1.82) is 0 Å². The minimum Gasteiger partial charge on any atom is -0.494 e. The molecule has 4 heterocycles. The Morgan fingerprint density at radius 3 is 2.60 bits per heavy atom. The number of rotatable bonds is 8. The highest BCUT2D eigenvalue weighted by molar-refractivity contribution is 7.22. The van der Waals surface area contributed by atoms with Crippen LogP contribution < -0.4 is 15.2 Å². The molecule has 0 unspecified atom stereocenters. The van der Waals surface area contributed by atoms with Gasteiger partial charge in [0.15, 0.2) is 0 Å². The van der Waals surface area contributed by atoms with Gasteiger partial charge in [-0.2, -0.15) is 0 Å². The molecule has 6 aromatic rings. The highest BCUT2D eigenvalue weighted by Crippen LogP contribution is 2.41. The Morgan fingerprint density at radius 1 is 0.825 bits per heavy atom. The van der Waals surface area contributed by atoms with Gasteiger partial charge < -0.3 is 14.6 Å². The van der Waals surface area contributed by atoms with Crippen molar-refractivity contribution in [2.75, 3.05) is 44.2 Å². The first kappa shape index (κ1) is 25.3. The number of hydrogen-bond acceptors (Lipinski definition) is 6. The van der Waals surface area contributed by atoms with Gasteiger partial charge in [-0.3, -0.25) is 9.69 Å². The van der Waals surface area contributed by atoms with Crippen LogP contribution in [-0.2, 0) is 0 Å². The number of hydrogen-bond donors (Lipinski definition) is 1. The van der Waals surface area contributed by atoms with Crippen molar-refractivity contribution in [1.82, 2.24) is 9.88 Å². The van der Waals surface area contributed by atoms with Crippen molar-refractivity contribution in [3.05, 3.63) is 94.6 Å². The van der Waals surface area contributed by atoms with Crippen LogP contribution >= 0.6 is 22.7 Å². The first-order chi connectivity index (χ1) is 19.7. The summed E-state index contributed by atoms with van der Waals surface area (Å²) in [4.78, 5) is 20.9. The van der Waals surface area contributed by atoms with E-state index in [1.807, 2.05) is 46.9 Å². The fourth-order valence-corrected chi connectivity index (χ4v) is 7.66. The molecule has 0 radical (unpaired) electrons. The molecule has 1 N–H and O–H groups in total. The van der Waals surface area contributed by atoms with E-state index in [0.29, 0.717) is 6.61 Å². The molecule has 0 saturated carbocycles. The molecular weight excluding hydrogens is 535 g/mol. The normalized spacial score (nSPS) is 14.4.